The highest BCUT2D eigenvalue weighted by atomic mass is 35.5. The number of rotatable bonds is 3. The van der Waals surface area contributed by atoms with E-state index in [2.05, 4.69) is 4.98 Å². The Morgan fingerprint density at radius 2 is 2.28 bits per heavy atom. The van der Waals surface area contributed by atoms with E-state index in [0.29, 0.717) is 10.7 Å². The fourth-order valence-corrected chi connectivity index (χ4v) is 2.58. The Balaban J connectivity index is 2.19. The molecular formula is C13H13ClN2OS. The molecule has 2 rings (SSSR count). The van der Waals surface area contributed by atoms with E-state index in [1.54, 1.807) is 41.6 Å². The third-order valence-corrected chi connectivity index (χ3v) is 4.08. The predicted molar refractivity (Wildman–Crippen MR) is 74.1 cm³/mol. The number of amides is 1. The van der Waals surface area contributed by atoms with E-state index in [9.17, 15) is 4.79 Å². The molecule has 0 aliphatic rings. The minimum Gasteiger partial charge on any atom is -0.333 e. The molecule has 0 bridgehead atoms. The molecule has 18 heavy (non-hydrogen) atoms. The van der Waals surface area contributed by atoms with Gasteiger partial charge in [0, 0.05) is 23.1 Å². The van der Waals surface area contributed by atoms with Crippen LogP contribution in [0.1, 0.15) is 28.3 Å². The molecule has 0 saturated carbocycles. The van der Waals surface area contributed by atoms with Crippen LogP contribution in [0.15, 0.2) is 35.8 Å². The van der Waals surface area contributed by atoms with Crippen molar-refractivity contribution < 1.29 is 4.79 Å². The van der Waals surface area contributed by atoms with E-state index in [4.69, 9.17) is 11.6 Å². The highest BCUT2D eigenvalue weighted by Gasteiger charge is 2.20. The summed E-state index contributed by atoms with van der Waals surface area (Å²) in [7, 11) is 1.77. The topological polar surface area (TPSA) is 33.2 Å². The number of nitrogens with zero attached hydrogens (tertiary/aromatic N) is 2. The Labute approximate surface area is 115 Å². The molecule has 0 N–H and O–H groups in total. The minimum atomic E-state index is -0.126. The van der Waals surface area contributed by atoms with E-state index in [0.717, 1.165) is 4.88 Å². The van der Waals surface area contributed by atoms with E-state index in [1.807, 2.05) is 24.4 Å². The number of carbonyl (C=O) groups is 1. The Hall–Kier alpha value is -1.39. The predicted octanol–water partition coefficient (Wildman–Crippen LogP) is 3.63. The van der Waals surface area contributed by atoms with Gasteiger partial charge in [0.1, 0.15) is 5.69 Å². The average Bonchev–Trinajstić information content (AvgIpc) is 2.90. The summed E-state index contributed by atoms with van der Waals surface area (Å²) in [5.74, 6) is -0.126. The summed E-state index contributed by atoms with van der Waals surface area (Å²) in [6.07, 6.45) is 1.54. The van der Waals surface area contributed by atoms with E-state index in [1.165, 1.54) is 0 Å². The molecule has 5 heteroatoms. The molecule has 0 aliphatic carbocycles. The summed E-state index contributed by atoms with van der Waals surface area (Å²) in [6.45, 7) is 1.99. The van der Waals surface area contributed by atoms with Crippen molar-refractivity contribution in [2.24, 2.45) is 0 Å². The Morgan fingerprint density at radius 3 is 2.89 bits per heavy atom. The Kier molecular flexibility index (Phi) is 3.99. The van der Waals surface area contributed by atoms with Gasteiger partial charge in [0.15, 0.2) is 0 Å². The van der Waals surface area contributed by atoms with Crippen LogP contribution in [0.5, 0.6) is 0 Å². The first-order valence-electron chi connectivity index (χ1n) is 5.51. The van der Waals surface area contributed by atoms with Crippen LogP contribution in [0.2, 0.25) is 5.02 Å². The lowest BCUT2D eigenvalue weighted by Crippen LogP contribution is -2.29. The molecule has 0 radical (unpaired) electrons. The second-order valence-electron chi connectivity index (χ2n) is 3.97. The third kappa shape index (κ3) is 2.71. The van der Waals surface area contributed by atoms with Crippen LogP contribution in [0.3, 0.4) is 0 Å². The molecular weight excluding hydrogens is 268 g/mol. The van der Waals surface area contributed by atoms with Crippen molar-refractivity contribution >= 4 is 28.8 Å². The normalized spacial score (nSPS) is 12.2. The summed E-state index contributed by atoms with van der Waals surface area (Å²) < 4.78 is 0. The van der Waals surface area contributed by atoms with Crippen LogP contribution in [0.25, 0.3) is 0 Å². The summed E-state index contributed by atoms with van der Waals surface area (Å²) in [4.78, 5) is 19.1. The van der Waals surface area contributed by atoms with Crippen LogP contribution in [0.4, 0.5) is 0 Å². The molecule has 0 aliphatic heterocycles. The van der Waals surface area contributed by atoms with Gasteiger partial charge in [-0.25, -0.2) is 0 Å². The lowest BCUT2D eigenvalue weighted by atomic mass is 10.2. The van der Waals surface area contributed by atoms with Gasteiger partial charge in [0.25, 0.3) is 5.91 Å². The lowest BCUT2D eigenvalue weighted by Gasteiger charge is -2.23. The second-order valence-corrected chi connectivity index (χ2v) is 5.38. The fraction of sp³-hybridized carbons (Fsp3) is 0.231. The number of hydrogen-bond donors (Lipinski definition) is 0. The summed E-state index contributed by atoms with van der Waals surface area (Å²) >= 11 is 7.50. The van der Waals surface area contributed by atoms with Crippen molar-refractivity contribution in [1.82, 2.24) is 9.88 Å². The van der Waals surface area contributed by atoms with Gasteiger partial charge in [-0.05, 0) is 30.5 Å². The van der Waals surface area contributed by atoms with E-state index >= 15 is 0 Å². The van der Waals surface area contributed by atoms with E-state index in [-0.39, 0.29) is 11.9 Å². The maximum Gasteiger partial charge on any atom is 0.272 e. The van der Waals surface area contributed by atoms with Gasteiger partial charge in [0.2, 0.25) is 0 Å². The average molecular weight is 281 g/mol. The van der Waals surface area contributed by atoms with E-state index < -0.39 is 0 Å². The van der Waals surface area contributed by atoms with Crippen molar-refractivity contribution in [2.45, 2.75) is 13.0 Å². The van der Waals surface area contributed by atoms with Crippen LogP contribution in [0, 0.1) is 0 Å². The molecule has 94 valence electrons. The largest absolute Gasteiger partial charge is 0.333 e. The Morgan fingerprint density at radius 1 is 1.50 bits per heavy atom. The minimum absolute atomic E-state index is 0.0262. The highest BCUT2D eigenvalue weighted by Crippen LogP contribution is 2.24. The smallest absolute Gasteiger partial charge is 0.272 e. The molecule has 0 fully saturated rings. The molecule has 1 unspecified atom stereocenters. The molecule has 0 aromatic carbocycles. The van der Waals surface area contributed by atoms with Gasteiger partial charge in [-0.15, -0.1) is 11.3 Å². The molecule has 0 saturated heterocycles. The van der Waals surface area contributed by atoms with Crippen molar-refractivity contribution in [2.75, 3.05) is 7.05 Å². The van der Waals surface area contributed by atoms with Gasteiger partial charge >= 0.3 is 0 Å². The number of halogens is 1. The maximum atomic E-state index is 12.2. The summed E-state index contributed by atoms with van der Waals surface area (Å²) in [5, 5.41) is 2.52. The van der Waals surface area contributed by atoms with Crippen LogP contribution >= 0.6 is 22.9 Å². The zero-order chi connectivity index (χ0) is 13.1. The van der Waals surface area contributed by atoms with Crippen LogP contribution < -0.4 is 0 Å². The monoisotopic (exact) mass is 280 g/mol. The second kappa shape index (κ2) is 5.50. The van der Waals surface area contributed by atoms with Crippen molar-refractivity contribution in [3.05, 3.63) is 51.4 Å². The third-order valence-electron chi connectivity index (χ3n) is 2.80. The zero-order valence-corrected chi connectivity index (χ0v) is 11.7. The maximum absolute atomic E-state index is 12.2. The standard InChI is InChI=1S/C13H13ClN2OS/c1-9(12-4-3-7-18-12)16(2)13(17)11-8-10(14)5-6-15-11/h3-9H,1-2H3. The highest BCUT2D eigenvalue weighted by molar-refractivity contribution is 7.10. The Bertz CT molecular complexity index is 542. The van der Waals surface area contributed by atoms with Crippen molar-refractivity contribution in [1.29, 1.82) is 0 Å². The van der Waals surface area contributed by atoms with Gasteiger partial charge in [-0.3, -0.25) is 9.78 Å². The van der Waals surface area contributed by atoms with Gasteiger partial charge in [-0.2, -0.15) is 0 Å². The van der Waals surface area contributed by atoms with Gasteiger partial charge in [-0.1, -0.05) is 17.7 Å². The number of pyridine rings is 1. The first-order chi connectivity index (χ1) is 8.59. The molecule has 1 atom stereocenters. The quantitative estimate of drug-likeness (QED) is 0.860. The fourth-order valence-electron chi connectivity index (χ4n) is 1.60. The molecule has 3 nitrogen and oxygen atoms in total. The molecule has 2 aromatic rings. The molecule has 2 aromatic heterocycles. The first-order valence-corrected chi connectivity index (χ1v) is 6.77. The molecule has 0 spiro atoms. The molecule has 2 heterocycles. The first kappa shape index (κ1) is 13.1. The van der Waals surface area contributed by atoms with Gasteiger partial charge < -0.3 is 4.90 Å². The van der Waals surface area contributed by atoms with Gasteiger partial charge in [0.05, 0.1) is 6.04 Å². The lowest BCUT2D eigenvalue weighted by molar-refractivity contribution is 0.0739. The van der Waals surface area contributed by atoms with Crippen molar-refractivity contribution in [3.8, 4) is 0 Å². The zero-order valence-electron chi connectivity index (χ0n) is 10.1. The van der Waals surface area contributed by atoms with Crippen LogP contribution in [-0.2, 0) is 0 Å². The SMILES string of the molecule is CC(c1cccs1)N(C)C(=O)c1cc(Cl)ccn1. The summed E-state index contributed by atoms with van der Waals surface area (Å²) in [6, 6.07) is 7.26. The number of hydrogen-bond acceptors (Lipinski definition) is 3. The van der Waals surface area contributed by atoms with Crippen LogP contribution in [-0.4, -0.2) is 22.8 Å². The summed E-state index contributed by atoms with van der Waals surface area (Å²) in [5.41, 5.74) is 0.369. The molecule has 1 amide bonds. The number of aromatic nitrogens is 1. The number of carbonyl (C=O) groups excluding carboxylic acids is 1. The van der Waals surface area contributed by atoms with Crippen molar-refractivity contribution in [3.63, 3.8) is 0 Å². The number of thiophene rings is 1.